The summed E-state index contributed by atoms with van der Waals surface area (Å²) in [6.45, 7) is 2.97. The van der Waals surface area contributed by atoms with Gasteiger partial charge in [-0.25, -0.2) is 0 Å². The summed E-state index contributed by atoms with van der Waals surface area (Å²) in [5, 5.41) is 11.5. The van der Waals surface area contributed by atoms with E-state index in [1.165, 1.54) is 11.3 Å². The molecule has 0 spiro atoms. The van der Waals surface area contributed by atoms with Crippen molar-refractivity contribution in [3.8, 4) is 0 Å². The van der Waals surface area contributed by atoms with Crippen LogP contribution in [0.4, 0.5) is 5.69 Å². The first-order valence-electron chi connectivity index (χ1n) is 7.31. The van der Waals surface area contributed by atoms with Gasteiger partial charge in [-0.2, -0.15) is 0 Å². The normalized spacial score (nSPS) is 21.2. The van der Waals surface area contributed by atoms with E-state index in [4.69, 9.17) is 4.74 Å². The first-order chi connectivity index (χ1) is 10.6. The molecule has 1 aromatic heterocycles. The number of hydrogen-bond acceptors (Lipinski definition) is 6. The SMILES string of the molecule is Cc1nnc(SC[C@@H]2C[NH2+][C@H](c3ccc(N(C)C)cc3)O2)s1. The minimum atomic E-state index is 0.109. The van der Waals surface area contributed by atoms with E-state index < -0.39 is 0 Å². The van der Waals surface area contributed by atoms with Gasteiger partial charge in [-0.15, -0.1) is 10.2 Å². The quantitative estimate of drug-likeness (QED) is 0.841. The minimum Gasteiger partial charge on any atom is -0.378 e. The van der Waals surface area contributed by atoms with Crippen molar-refractivity contribution in [3.63, 3.8) is 0 Å². The summed E-state index contributed by atoms with van der Waals surface area (Å²) >= 11 is 3.38. The summed E-state index contributed by atoms with van der Waals surface area (Å²) in [6.07, 6.45) is 0.366. The maximum absolute atomic E-state index is 6.14. The highest BCUT2D eigenvalue weighted by Crippen LogP contribution is 2.26. The van der Waals surface area contributed by atoms with Crippen LogP contribution in [0.3, 0.4) is 0 Å². The Morgan fingerprint density at radius 3 is 2.73 bits per heavy atom. The first kappa shape index (κ1) is 15.7. The Morgan fingerprint density at radius 2 is 2.09 bits per heavy atom. The lowest BCUT2D eigenvalue weighted by atomic mass is 10.2. The van der Waals surface area contributed by atoms with Crippen molar-refractivity contribution in [1.29, 1.82) is 0 Å². The number of nitrogens with two attached hydrogens (primary N) is 1. The number of rotatable bonds is 5. The summed E-state index contributed by atoms with van der Waals surface area (Å²) in [5.74, 6) is 0.928. The van der Waals surface area contributed by atoms with Crippen LogP contribution < -0.4 is 10.2 Å². The highest BCUT2D eigenvalue weighted by Gasteiger charge is 2.30. The number of anilines is 1. The van der Waals surface area contributed by atoms with Crippen LogP contribution in [0.2, 0.25) is 0 Å². The third kappa shape index (κ3) is 3.78. The second kappa shape index (κ2) is 6.95. The van der Waals surface area contributed by atoms with Crippen LogP contribution in [-0.4, -0.2) is 42.7 Å². The Bertz CT molecular complexity index is 614. The molecule has 2 N–H and O–H groups in total. The summed E-state index contributed by atoms with van der Waals surface area (Å²) in [7, 11) is 4.10. The summed E-state index contributed by atoms with van der Waals surface area (Å²) in [5.41, 5.74) is 2.44. The molecule has 7 heteroatoms. The Labute approximate surface area is 139 Å². The number of aryl methyl sites for hydroxylation is 1. The average Bonchev–Trinajstić information content (AvgIpc) is 3.14. The predicted octanol–water partition coefficient (Wildman–Crippen LogP) is 1.67. The standard InChI is InChI=1S/C15H20N4OS2/c1-10-17-18-15(22-10)21-9-13-8-16-14(20-13)11-4-6-12(7-5-11)19(2)3/h4-7,13-14,16H,8-9H2,1-3H3/p+1/t13-,14-/m0/s1. The third-order valence-electron chi connectivity index (χ3n) is 3.59. The molecule has 3 rings (SSSR count). The second-order valence-electron chi connectivity index (χ2n) is 5.53. The molecular formula is C15H21N4OS2+. The van der Waals surface area contributed by atoms with E-state index in [0.717, 1.165) is 21.6 Å². The summed E-state index contributed by atoms with van der Waals surface area (Å²) in [6, 6.07) is 8.58. The van der Waals surface area contributed by atoms with E-state index in [0.29, 0.717) is 0 Å². The second-order valence-corrected chi connectivity index (χ2v) is 7.98. The molecule has 22 heavy (non-hydrogen) atoms. The number of benzene rings is 1. The van der Waals surface area contributed by atoms with Gasteiger partial charge in [0, 0.05) is 31.1 Å². The molecule has 2 atom stereocenters. The molecule has 2 heterocycles. The van der Waals surface area contributed by atoms with Gasteiger partial charge in [0.25, 0.3) is 0 Å². The van der Waals surface area contributed by atoms with Gasteiger partial charge in [-0.1, -0.05) is 23.1 Å². The van der Waals surface area contributed by atoms with Crippen LogP contribution in [0.5, 0.6) is 0 Å². The van der Waals surface area contributed by atoms with Crippen molar-refractivity contribution in [1.82, 2.24) is 10.2 Å². The van der Waals surface area contributed by atoms with Crippen LogP contribution in [-0.2, 0) is 4.74 Å². The maximum Gasteiger partial charge on any atom is 0.217 e. The molecule has 0 saturated carbocycles. The number of quaternary nitrogens is 1. The van der Waals surface area contributed by atoms with E-state index in [-0.39, 0.29) is 12.3 Å². The van der Waals surface area contributed by atoms with Crippen LogP contribution in [0, 0.1) is 6.92 Å². The molecule has 0 aliphatic carbocycles. The fourth-order valence-electron chi connectivity index (χ4n) is 2.38. The van der Waals surface area contributed by atoms with E-state index in [1.54, 1.807) is 23.1 Å². The fourth-order valence-corrected chi connectivity index (χ4v) is 4.24. The lowest BCUT2D eigenvalue weighted by Crippen LogP contribution is -2.82. The first-order valence-corrected chi connectivity index (χ1v) is 9.11. The molecule has 1 fully saturated rings. The topological polar surface area (TPSA) is 54.9 Å². The Hall–Kier alpha value is -1.15. The van der Waals surface area contributed by atoms with Gasteiger partial charge in [0.05, 0.1) is 0 Å². The van der Waals surface area contributed by atoms with Gasteiger partial charge in [-0.05, 0) is 31.2 Å². The van der Waals surface area contributed by atoms with Crippen molar-refractivity contribution in [2.75, 3.05) is 31.3 Å². The number of nitrogens with zero attached hydrogens (tertiary/aromatic N) is 3. The average molecular weight is 337 g/mol. The lowest BCUT2D eigenvalue weighted by molar-refractivity contribution is -0.697. The molecule has 1 aromatic carbocycles. The zero-order valence-electron chi connectivity index (χ0n) is 13.0. The Balaban J connectivity index is 1.53. The molecule has 0 bridgehead atoms. The smallest absolute Gasteiger partial charge is 0.217 e. The van der Waals surface area contributed by atoms with Crippen LogP contribution in [0.15, 0.2) is 28.6 Å². The number of ether oxygens (including phenoxy) is 1. The monoisotopic (exact) mass is 337 g/mol. The van der Waals surface area contributed by atoms with Crippen LogP contribution in [0.25, 0.3) is 0 Å². The van der Waals surface area contributed by atoms with Crippen molar-refractivity contribution in [2.24, 2.45) is 0 Å². The minimum absolute atomic E-state index is 0.109. The zero-order valence-corrected chi connectivity index (χ0v) is 14.7. The molecule has 5 nitrogen and oxygen atoms in total. The number of aromatic nitrogens is 2. The maximum atomic E-state index is 6.14. The largest absolute Gasteiger partial charge is 0.378 e. The summed E-state index contributed by atoms with van der Waals surface area (Å²) in [4.78, 5) is 2.10. The van der Waals surface area contributed by atoms with Gasteiger partial charge in [0.2, 0.25) is 6.23 Å². The van der Waals surface area contributed by atoms with Crippen molar-refractivity contribution < 1.29 is 10.1 Å². The molecule has 118 valence electrons. The Morgan fingerprint density at radius 1 is 1.32 bits per heavy atom. The molecular weight excluding hydrogens is 316 g/mol. The number of thioether (sulfide) groups is 1. The van der Waals surface area contributed by atoms with Gasteiger partial charge in [-0.3, -0.25) is 0 Å². The molecule has 1 aliphatic rings. The van der Waals surface area contributed by atoms with Crippen molar-refractivity contribution >= 4 is 28.8 Å². The van der Waals surface area contributed by atoms with Crippen molar-refractivity contribution in [2.45, 2.75) is 23.6 Å². The molecule has 1 saturated heterocycles. The van der Waals surface area contributed by atoms with Gasteiger partial charge < -0.3 is 15.0 Å². The molecule has 1 aliphatic heterocycles. The predicted molar refractivity (Wildman–Crippen MR) is 90.5 cm³/mol. The summed E-state index contributed by atoms with van der Waals surface area (Å²) < 4.78 is 7.17. The molecule has 0 radical (unpaired) electrons. The zero-order chi connectivity index (χ0) is 15.5. The molecule has 0 unspecified atom stereocenters. The van der Waals surface area contributed by atoms with E-state index in [1.807, 2.05) is 6.92 Å². The molecule has 0 amide bonds. The number of hydrogen-bond donors (Lipinski definition) is 1. The van der Waals surface area contributed by atoms with Gasteiger partial charge >= 0.3 is 0 Å². The molecule has 2 aromatic rings. The third-order valence-corrected chi connectivity index (χ3v) is 5.69. The highest BCUT2D eigenvalue weighted by atomic mass is 32.2. The fraction of sp³-hybridized carbons (Fsp3) is 0.467. The van der Waals surface area contributed by atoms with Crippen LogP contribution >= 0.6 is 23.1 Å². The lowest BCUT2D eigenvalue weighted by Gasteiger charge is -2.14. The van der Waals surface area contributed by atoms with E-state index >= 15 is 0 Å². The van der Waals surface area contributed by atoms with Gasteiger partial charge in [0.15, 0.2) is 4.34 Å². The van der Waals surface area contributed by atoms with Gasteiger partial charge in [0.1, 0.15) is 17.7 Å². The highest BCUT2D eigenvalue weighted by molar-refractivity contribution is 8.01. The van der Waals surface area contributed by atoms with E-state index in [2.05, 4.69) is 58.8 Å². The van der Waals surface area contributed by atoms with Crippen molar-refractivity contribution in [3.05, 3.63) is 34.8 Å². The Kier molecular flexibility index (Phi) is 4.97. The van der Waals surface area contributed by atoms with Crippen LogP contribution in [0.1, 0.15) is 16.8 Å². The van der Waals surface area contributed by atoms with E-state index in [9.17, 15) is 0 Å².